The van der Waals surface area contributed by atoms with Gasteiger partial charge in [-0.2, -0.15) is 0 Å². The highest BCUT2D eigenvalue weighted by atomic mass is 16.5. The molecule has 0 bridgehead atoms. The third-order valence-corrected chi connectivity index (χ3v) is 4.99. The lowest BCUT2D eigenvalue weighted by atomic mass is 9.81. The van der Waals surface area contributed by atoms with Gasteiger partial charge in [0, 0.05) is 13.0 Å². The summed E-state index contributed by atoms with van der Waals surface area (Å²) >= 11 is 0. The van der Waals surface area contributed by atoms with E-state index in [1.54, 1.807) is 7.11 Å². The number of aliphatic hydroxyl groups excluding tert-OH is 1. The molecule has 2 aromatic carbocycles. The van der Waals surface area contributed by atoms with Gasteiger partial charge in [0.05, 0.1) is 13.7 Å². The van der Waals surface area contributed by atoms with Gasteiger partial charge in [0.15, 0.2) is 0 Å². The van der Waals surface area contributed by atoms with Crippen LogP contribution in [0.4, 0.5) is 0 Å². The fraction of sp³-hybridized carbons (Fsp3) is 0.381. The van der Waals surface area contributed by atoms with Gasteiger partial charge in [-0.25, -0.2) is 0 Å². The number of carbonyl (C=O) groups is 1. The van der Waals surface area contributed by atoms with E-state index in [2.05, 4.69) is 17.4 Å². The summed E-state index contributed by atoms with van der Waals surface area (Å²) < 4.78 is 5.31. The first-order chi connectivity index (χ1) is 12.2. The Morgan fingerprint density at radius 2 is 2.04 bits per heavy atom. The maximum absolute atomic E-state index is 12.4. The van der Waals surface area contributed by atoms with Crippen molar-refractivity contribution in [1.29, 1.82) is 0 Å². The largest absolute Gasteiger partial charge is 0.497 e. The number of ether oxygens (including phenoxy) is 1. The van der Waals surface area contributed by atoms with Crippen molar-refractivity contribution in [2.75, 3.05) is 7.11 Å². The molecule has 0 aliphatic heterocycles. The van der Waals surface area contributed by atoms with Gasteiger partial charge in [0.1, 0.15) is 5.75 Å². The summed E-state index contributed by atoms with van der Waals surface area (Å²) in [5.41, 5.74) is 4.40. The first kappa shape index (κ1) is 17.5. The molecule has 0 spiro atoms. The van der Waals surface area contributed by atoms with Crippen LogP contribution in [0.3, 0.4) is 0 Å². The number of carbonyl (C=O) groups excluding carboxylic acids is 1. The maximum Gasteiger partial charge on any atom is 0.220 e. The van der Waals surface area contributed by atoms with E-state index in [4.69, 9.17) is 4.74 Å². The number of hydrogen-bond donors (Lipinski definition) is 2. The lowest BCUT2D eigenvalue weighted by Gasteiger charge is -2.25. The molecule has 2 aromatic rings. The molecule has 4 nitrogen and oxygen atoms in total. The Labute approximate surface area is 148 Å². The minimum absolute atomic E-state index is 0.0100. The molecule has 1 amide bonds. The molecule has 0 saturated carbocycles. The van der Waals surface area contributed by atoms with E-state index in [1.807, 2.05) is 30.3 Å². The molecule has 0 heterocycles. The zero-order valence-corrected chi connectivity index (χ0v) is 14.6. The van der Waals surface area contributed by atoms with Gasteiger partial charge in [0.2, 0.25) is 5.91 Å². The van der Waals surface area contributed by atoms with Gasteiger partial charge in [0.25, 0.3) is 0 Å². The van der Waals surface area contributed by atoms with Gasteiger partial charge in [-0.05, 0) is 59.6 Å². The van der Waals surface area contributed by atoms with E-state index >= 15 is 0 Å². The maximum atomic E-state index is 12.4. The molecule has 2 N–H and O–H groups in total. The Hall–Kier alpha value is -2.33. The third-order valence-electron chi connectivity index (χ3n) is 4.99. The van der Waals surface area contributed by atoms with Gasteiger partial charge in [-0.1, -0.05) is 30.3 Å². The Morgan fingerprint density at radius 3 is 2.80 bits per heavy atom. The van der Waals surface area contributed by atoms with Crippen LogP contribution in [-0.4, -0.2) is 18.1 Å². The van der Waals surface area contributed by atoms with Crippen LogP contribution in [0.15, 0.2) is 42.5 Å². The molecule has 0 saturated heterocycles. The topological polar surface area (TPSA) is 58.6 Å². The summed E-state index contributed by atoms with van der Waals surface area (Å²) in [7, 11) is 1.68. The van der Waals surface area contributed by atoms with E-state index < -0.39 is 0 Å². The normalized spacial score (nSPS) is 16.2. The monoisotopic (exact) mass is 339 g/mol. The molecule has 25 heavy (non-hydrogen) atoms. The predicted octanol–water partition coefficient (Wildman–Crippen LogP) is 3.31. The number of benzene rings is 2. The van der Waals surface area contributed by atoms with Crippen molar-refractivity contribution < 1.29 is 14.6 Å². The number of amides is 1. The fourth-order valence-electron chi connectivity index (χ4n) is 3.60. The van der Waals surface area contributed by atoms with Gasteiger partial charge >= 0.3 is 0 Å². The average molecular weight is 339 g/mol. The average Bonchev–Trinajstić information content (AvgIpc) is 2.66. The van der Waals surface area contributed by atoms with E-state index in [0.717, 1.165) is 36.1 Å². The number of methoxy groups -OCH3 is 1. The van der Waals surface area contributed by atoms with Crippen LogP contribution in [0.1, 0.15) is 47.4 Å². The second kappa shape index (κ2) is 8.17. The molecule has 1 unspecified atom stereocenters. The summed E-state index contributed by atoms with van der Waals surface area (Å²) in [5.74, 6) is 1.20. The summed E-state index contributed by atoms with van der Waals surface area (Å²) in [6.45, 7) is 0.446. The van der Waals surface area contributed by atoms with Gasteiger partial charge in [-0.3, -0.25) is 4.79 Å². The molecule has 4 heteroatoms. The standard InChI is InChI=1S/C21H25NO3/c1-25-19-9-10-20-15(11-19)7-4-8-16(20)12-21(24)22-13-17-5-2-3-6-18(17)14-23/h2-3,5-6,9-11,16,23H,4,7-8,12-14H2,1H3,(H,22,24). The molecule has 0 radical (unpaired) electrons. The highest BCUT2D eigenvalue weighted by Gasteiger charge is 2.23. The predicted molar refractivity (Wildman–Crippen MR) is 97.5 cm³/mol. The first-order valence-corrected chi connectivity index (χ1v) is 8.82. The quantitative estimate of drug-likeness (QED) is 0.849. The Bertz CT molecular complexity index is 742. The Balaban J connectivity index is 1.62. The third kappa shape index (κ3) is 4.20. The molecule has 0 fully saturated rings. The van der Waals surface area contributed by atoms with E-state index in [0.29, 0.717) is 13.0 Å². The second-order valence-corrected chi connectivity index (χ2v) is 6.56. The molecule has 1 aliphatic carbocycles. The number of aliphatic hydroxyl groups is 1. The number of rotatable bonds is 6. The summed E-state index contributed by atoms with van der Waals surface area (Å²) in [4.78, 5) is 12.4. The Kier molecular flexibility index (Phi) is 5.71. The van der Waals surface area contributed by atoms with Crippen LogP contribution in [0, 0.1) is 0 Å². The van der Waals surface area contributed by atoms with Crippen LogP contribution in [0.25, 0.3) is 0 Å². The number of nitrogens with one attached hydrogen (secondary N) is 1. The van der Waals surface area contributed by atoms with Crippen LogP contribution in [0.5, 0.6) is 5.75 Å². The van der Waals surface area contributed by atoms with Crippen molar-refractivity contribution in [3.63, 3.8) is 0 Å². The van der Waals surface area contributed by atoms with Crippen molar-refractivity contribution >= 4 is 5.91 Å². The van der Waals surface area contributed by atoms with E-state index in [-0.39, 0.29) is 18.4 Å². The lowest BCUT2D eigenvalue weighted by molar-refractivity contribution is -0.121. The first-order valence-electron chi connectivity index (χ1n) is 8.82. The molecule has 132 valence electrons. The Morgan fingerprint density at radius 1 is 1.24 bits per heavy atom. The molecular weight excluding hydrogens is 314 g/mol. The van der Waals surface area contributed by atoms with E-state index in [1.165, 1.54) is 11.1 Å². The van der Waals surface area contributed by atoms with Crippen molar-refractivity contribution in [2.45, 2.75) is 44.8 Å². The zero-order chi connectivity index (χ0) is 17.6. The molecule has 3 rings (SSSR count). The number of aryl methyl sites for hydroxylation is 1. The molecule has 1 aliphatic rings. The molecule has 0 aromatic heterocycles. The fourth-order valence-corrected chi connectivity index (χ4v) is 3.60. The highest BCUT2D eigenvalue weighted by Crippen LogP contribution is 2.35. The number of fused-ring (bicyclic) bond motifs is 1. The van der Waals surface area contributed by atoms with Gasteiger partial charge in [-0.15, -0.1) is 0 Å². The van der Waals surface area contributed by atoms with Crippen LogP contribution >= 0.6 is 0 Å². The minimum Gasteiger partial charge on any atom is -0.497 e. The number of hydrogen-bond acceptors (Lipinski definition) is 3. The highest BCUT2D eigenvalue weighted by molar-refractivity contribution is 5.77. The van der Waals surface area contributed by atoms with E-state index in [9.17, 15) is 9.90 Å². The van der Waals surface area contributed by atoms with Crippen molar-refractivity contribution in [1.82, 2.24) is 5.32 Å². The van der Waals surface area contributed by atoms with Crippen LogP contribution in [-0.2, 0) is 24.4 Å². The van der Waals surface area contributed by atoms with Crippen molar-refractivity contribution in [2.24, 2.45) is 0 Å². The second-order valence-electron chi connectivity index (χ2n) is 6.56. The molecule has 1 atom stereocenters. The van der Waals surface area contributed by atoms with Crippen LogP contribution in [0.2, 0.25) is 0 Å². The van der Waals surface area contributed by atoms with Crippen molar-refractivity contribution in [3.05, 3.63) is 64.7 Å². The van der Waals surface area contributed by atoms with Crippen molar-refractivity contribution in [3.8, 4) is 5.75 Å². The smallest absolute Gasteiger partial charge is 0.220 e. The SMILES string of the molecule is COc1ccc2c(c1)CCCC2CC(=O)NCc1ccccc1CO. The summed E-state index contributed by atoms with van der Waals surface area (Å²) in [6, 6.07) is 13.8. The van der Waals surface area contributed by atoms with Gasteiger partial charge < -0.3 is 15.2 Å². The lowest BCUT2D eigenvalue weighted by Crippen LogP contribution is -2.26. The summed E-state index contributed by atoms with van der Waals surface area (Å²) in [5, 5.41) is 12.4. The van der Waals surface area contributed by atoms with Crippen LogP contribution < -0.4 is 10.1 Å². The summed E-state index contributed by atoms with van der Waals surface area (Å²) in [6.07, 6.45) is 3.70. The zero-order valence-electron chi connectivity index (χ0n) is 14.6. The minimum atomic E-state index is -0.0100. The molecular formula is C21H25NO3.